The standard InChI is InChI=1S/C19H26N6O5/c1-13-11-24-15-16(21(2)19(28)25(17(15)27)12-14(26)29-3)20-18(24)23(13)6-4-5-22-7-9-30-10-8-22/h11H,4-10,12H2,1-3H3. The quantitative estimate of drug-likeness (QED) is 0.490. The molecule has 3 aromatic heterocycles. The van der Waals surface area contributed by atoms with Crippen LogP contribution in [0.15, 0.2) is 15.8 Å². The number of esters is 1. The van der Waals surface area contributed by atoms with Crippen LogP contribution in [0.4, 0.5) is 0 Å². The van der Waals surface area contributed by atoms with Crippen LogP contribution in [-0.2, 0) is 34.4 Å². The summed E-state index contributed by atoms with van der Waals surface area (Å²) in [6.45, 7) is 6.64. The Balaban J connectivity index is 1.72. The van der Waals surface area contributed by atoms with Crippen LogP contribution < -0.4 is 11.2 Å². The van der Waals surface area contributed by atoms with E-state index in [0.29, 0.717) is 11.4 Å². The minimum absolute atomic E-state index is 0.269. The van der Waals surface area contributed by atoms with Gasteiger partial charge in [-0.2, -0.15) is 4.98 Å². The molecule has 162 valence electrons. The van der Waals surface area contributed by atoms with Crippen molar-refractivity contribution in [3.63, 3.8) is 0 Å². The van der Waals surface area contributed by atoms with Crippen LogP contribution in [0.25, 0.3) is 16.9 Å². The molecule has 0 aromatic carbocycles. The van der Waals surface area contributed by atoms with Crippen molar-refractivity contribution in [2.75, 3.05) is 40.0 Å². The molecule has 1 saturated heterocycles. The highest BCUT2D eigenvalue weighted by atomic mass is 16.5. The number of carbonyl (C=O) groups is 1. The predicted octanol–water partition coefficient (Wildman–Crippen LogP) is -0.647. The summed E-state index contributed by atoms with van der Waals surface area (Å²) < 4.78 is 15.9. The highest BCUT2D eigenvalue weighted by Crippen LogP contribution is 2.16. The molecule has 30 heavy (non-hydrogen) atoms. The molecule has 11 nitrogen and oxygen atoms in total. The number of ether oxygens (including phenoxy) is 2. The van der Waals surface area contributed by atoms with Gasteiger partial charge in [0.2, 0.25) is 5.78 Å². The summed E-state index contributed by atoms with van der Waals surface area (Å²) in [6.07, 6.45) is 2.77. The summed E-state index contributed by atoms with van der Waals surface area (Å²) in [4.78, 5) is 44.3. The van der Waals surface area contributed by atoms with E-state index in [2.05, 4.69) is 19.2 Å². The lowest BCUT2D eigenvalue weighted by molar-refractivity contribution is -0.141. The Hall–Kier alpha value is -2.92. The molecule has 0 atom stereocenters. The predicted molar refractivity (Wildman–Crippen MR) is 109 cm³/mol. The molecular formula is C19H26N6O5. The van der Waals surface area contributed by atoms with E-state index in [9.17, 15) is 14.4 Å². The second-order valence-corrected chi connectivity index (χ2v) is 7.49. The molecule has 1 aliphatic rings. The van der Waals surface area contributed by atoms with Gasteiger partial charge in [-0.15, -0.1) is 0 Å². The number of nitrogens with zero attached hydrogens (tertiary/aromatic N) is 6. The van der Waals surface area contributed by atoms with Crippen molar-refractivity contribution < 1.29 is 14.3 Å². The number of aryl methyl sites for hydroxylation is 3. The van der Waals surface area contributed by atoms with Crippen molar-refractivity contribution >= 4 is 22.9 Å². The molecule has 0 aliphatic carbocycles. The normalized spacial score (nSPS) is 15.3. The van der Waals surface area contributed by atoms with Crippen LogP contribution in [0.1, 0.15) is 12.1 Å². The first-order valence-corrected chi connectivity index (χ1v) is 9.97. The fourth-order valence-electron chi connectivity index (χ4n) is 3.94. The lowest BCUT2D eigenvalue weighted by atomic mass is 10.3. The monoisotopic (exact) mass is 418 g/mol. The average molecular weight is 418 g/mol. The van der Waals surface area contributed by atoms with Crippen LogP contribution in [0.5, 0.6) is 0 Å². The zero-order valence-electron chi connectivity index (χ0n) is 17.5. The van der Waals surface area contributed by atoms with Gasteiger partial charge in [0.05, 0.1) is 20.3 Å². The first-order chi connectivity index (χ1) is 14.4. The van der Waals surface area contributed by atoms with Gasteiger partial charge in [0.1, 0.15) is 6.54 Å². The molecule has 0 unspecified atom stereocenters. The molecule has 3 aromatic rings. The van der Waals surface area contributed by atoms with E-state index in [0.717, 1.165) is 56.1 Å². The Morgan fingerprint density at radius 3 is 2.63 bits per heavy atom. The molecule has 0 amide bonds. The molecule has 0 saturated carbocycles. The lowest BCUT2D eigenvalue weighted by Crippen LogP contribution is -2.41. The topological polar surface area (TPSA) is 105 Å². The summed E-state index contributed by atoms with van der Waals surface area (Å²) in [5.74, 6) is -0.0569. The van der Waals surface area contributed by atoms with Crippen molar-refractivity contribution in [2.45, 2.75) is 26.4 Å². The van der Waals surface area contributed by atoms with E-state index >= 15 is 0 Å². The second-order valence-electron chi connectivity index (χ2n) is 7.49. The highest BCUT2D eigenvalue weighted by Gasteiger charge is 2.21. The maximum atomic E-state index is 13.0. The van der Waals surface area contributed by atoms with Crippen molar-refractivity contribution in [2.24, 2.45) is 7.05 Å². The van der Waals surface area contributed by atoms with Crippen LogP contribution in [-0.4, -0.2) is 73.9 Å². The molecule has 0 N–H and O–H groups in total. The SMILES string of the molecule is COC(=O)Cn1c(=O)c2c(nc3n(CCCN4CCOCC4)c(C)cn23)n(C)c1=O. The van der Waals surface area contributed by atoms with Gasteiger partial charge in [-0.25, -0.2) is 9.36 Å². The average Bonchev–Trinajstić information content (AvgIpc) is 3.26. The third-order valence-corrected chi connectivity index (χ3v) is 5.62. The van der Waals surface area contributed by atoms with Gasteiger partial charge in [-0.3, -0.25) is 23.5 Å². The minimum Gasteiger partial charge on any atom is -0.468 e. The smallest absolute Gasteiger partial charge is 0.333 e. The zero-order chi connectivity index (χ0) is 21.4. The van der Waals surface area contributed by atoms with Gasteiger partial charge >= 0.3 is 11.7 Å². The van der Waals surface area contributed by atoms with E-state index in [1.54, 1.807) is 11.4 Å². The van der Waals surface area contributed by atoms with Crippen LogP contribution >= 0.6 is 0 Å². The molecular weight excluding hydrogens is 392 g/mol. The summed E-state index contributed by atoms with van der Waals surface area (Å²) in [6, 6.07) is 0. The number of carbonyl (C=O) groups excluding carboxylic acids is 1. The molecule has 4 heterocycles. The number of aromatic nitrogens is 5. The van der Waals surface area contributed by atoms with Crippen LogP contribution in [0.3, 0.4) is 0 Å². The summed E-state index contributed by atoms with van der Waals surface area (Å²) in [5, 5.41) is 0. The van der Waals surface area contributed by atoms with Gasteiger partial charge in [0.15, 0.2) is 11.2 Å². The van der Waals surface area contributed by atoms with Gasteiger partial charge < -0.3 is 14.0 Å². The molecule has 1 fully saturated rings. The Kier molecular flexibility index (Phi) is 5.48. The summed E-state index contributed by atoms with van der Waals surface area (Å²) in [5.41, 5.74) is 0.369. The Morgan fingerprint density at radius 1 is 1.20 bits per heavy atom. The number of hydrogen-bond donors (Lipinski definition) is 0. The molecule has 11 heteroatoms. The fraction of sp³-hybridized carbons (Fsp3) is 0.579. The number of morpholine rings is 1. The first-order valence-electron chi connectivity index (χ1n) is 9.97. The number of imidazole rings is 2. The van der Waals surface area contributed by atoms with Crippen LogP contribution in [0, 0.1) is 6.92 Å². The minimum atomic E-state index is -0.661. The van der Waals surface area contributed by atoms with Gasteiger partial charge in [0.25, 0.3) is 5.56 Å². The summed E-state index contributed by atoms with van der Waals surface area (Å²) >= 11 is 0. The third kappa shape index (κ3) is 3.43. The van der Waals surface area contributed by atoms with Crippen LogP contribution in [0.2, 0.25) is 0 Å². The second kappa shape index (κ2) is 8.07. The molecule has 0 bridgehead atoms. The Morgan fingerprint density at radius 2 is 1.93 bits per heavy atom. The van der Waals surface area contributed by atoms with Crippen molar-refractivity contribution in [1.82, 2.24) is 28.0 Å². The van der Waals surface area contributed by atoms with E-state index in [-0.39, 0.29) is 5.52 Å². The van der Waals surface area contributed by atoms with Gasteiger partial charge in [-0.1, -0.05) is 0 Å². The maximum absolute atomic E-state index is 13.0. The number of fused-ring (bicyclic) bond motifs is 3. The summed E-state index contributed by atoms with van der Waals surface area (Å²) in [7, 11) is 2.76. The van der Waals surface area contributed by atoms with Crippen molar-refractivity contribution in [3.8, 4) is 0 Å². The van der Waals surface area contributed by atoms with Crippen molar-refractivity contribution in [1.29, 1.82) is 0 Å². The largest absolute Gasteiger partial charge is 0.468 e. The van der Waals surface area contributed by atoms with E-state index in [1.807, 2.05) is 13.1 Å². The van der Waals surface area contributed by atoms with Gasteiger partial charge in [-0.05, 0) is 13.3 Å². The highest BCUT2D eigenvalue weighted by molar-refractivity contribution is 5.76. The maximum Gasteiger partial charge on any atom is 0.333 e. The molecule has 1 aliphatic heterocycles. The third-order valence-electron chi connectivity index (χ3n) is 5.62. The van der Waals surface area contributed by atoms with E-state index in [1.165, 1.54) is 11.7 Å². The molecule has 4 rings (SSSR count). The van der Waals surface area contributed by atoms with E-state index in [4.69, 9.17) is 4.74 Å². The fourth-order valence-corrected chi connectivity index (χ4v) is 3.94. The van der Waals surface area contributed by atoms with E-state index < -0.39 is 23.8 Å². The molecule has 0 radical (unpaired) electrons. The Labute approximate surface area is 172 Å². The first kappa shape index (κ1) is 20.4. The van der Waals surface area contributed by atoms with Crippen molar-refractivity contribution in [3.05, 3.63) is 32.7 Å². The number of rotatable bonds is 6. The number of methoxy groups -OCH3 is 1. The molecule has 0 spiro atoms. The van der Waals surface area contributed by atoms with Gasteiger partial charge in [0, 0.05) is 45.1 Å². The number of hydrogen-bond acceptors (Lipinski definition) is 7. The zero-order valence-corrected chi connectivity index (χ0v) is 17.5. The lowest BCUT2D eigenvalue weighted by Gasteiger charge is -2.26. The Bertz CT molecular complexity index is 1210.